The van der Waals surface area contributed by atoms with Crippen molar-refractivity contribution in [2.24, 2.45) is 11.5 Å². The van der Waals surface area contributed by atoms with E-state index < -0.39 is 11.7 Å². The van der Waals surface area contributed by atoms with Crippen LogP contribution in [0.15, 0.2) is 30.5 Å². The number of anilines is 3. The fourth-order valence-electron chi connectivity index (χ4n) is 3.59. The van der Waals surface area contributed by atoms with Crippen LogP contribution in [0.3, 0.4) is 0 Å². The SMILES string of the molecule is CCC[C@@H](Nc1nc(Nc2ccc3c(cnn3CC)c2)c(C(N)=O)cc1F)[C@@H](N)CC. The van der Waals surface area contributed by atoms with E-state index in [0.717, 1.165) is 42.8 Å². The Morgan fingerprint density at radius 1 is 1.23 bits per heavy atom. The third-order valence-corrected chi connectivity index (χ3v) is 5.36. The molecule has 0 saturated carbocycles. The summed E-state index contributed by atoms with van der Waals surface area (Å²) >= 11 is 0. The summed E-state index contributed by atoms with van der Waals surface area (Å²) < 4.78 is 16.6. The van der Waals surface area contributed by atoms with Gasteiger partial charge in [0, 0.05) is 29.7 Å². The van der Waals surface area contributed by atoms with Crippen LogP contribution < -0.4 is 22.1 Å². The quantitative estimate of drug-likeness (QED) is 0.391. The van der Waals surface area contributed by atoms with E-state index in [1.807, 2.05) is 43.7 Å². The zero-order valence-electron chi connectivity index (χ0n) is 18.2. The number of benzene rings is 1. The molecular weight excluding hydrogens is 397 g/mol. The molecule has 0 saturated heterocycles. The Bertz CT molecular complexity index is 1070. The lowest BCUT2D eigenvalue weighted by Crippen LogP contribution is -2.40. The van der Waals surface area contributed by atoms with Gasteiger partial charge in [0.2, 0.25) is 0 Å². The van der Waals surface area contributed by atoms with E-state index >= 15 is 0 Å². The van der Waals surface area contributed by atoms with Gasteiger partial charge in [-0.15, -0.1) is 0 Å². The lowest BCUT2D eigenvalue weighted by molar-refractivity contribution is 0.100. The summed E-state index contributed by atoms with van der Waals surface area (Å²) in [5, 5.41) is 11.5. The second kappa shape index (κ2) is 9.74. The average molecular weight is 428 g/mol. The van der Waals surface area contributed by atoms with Crippen LogP contribution in [0.25, 0.3) is 10.9 Å². The number of pyridine rings is 1. The Morgan fingerprint density at radius 3 is 2.65 bits per heavy atom. The van der Waals surface area contributed by atoms with Gasteiger partial charge in [-0.2, -0.15) is 5.10 Å². The predicted molar refractivity (Wildman–Crippen MR) is 122 cm³/mol. The average Bonchev–Trinajstić information content (AvgIpc) is 3.16. The van der Waals surface area contributed by atoms with Crippen molar-refractivity contribution in [1.82, 2.24) is 14.8 Å². The van der Waals surface area contributed by atoms with Crippen molar-refractivity contribution in [3.05, 3.63) is 41.8 Å². The molecule has 0 aliphatic rings. The van der Waals surface area contributed by atoms with Crippen LogP contribution in [0.2, 0.25) is 0 Å². The van der Waals surface area contributed by atoms with E-state index in [0.29, 0.717) is 5.69 Å². The molecule has 166 valence electrons. The molecule has 0 radical (unpaired) electrons. The van der Waals surface area contributed by atoms with Gasteiger partial charge in [-0.1, -0.05) is 20.3 Å². The van der Waals surface area contributed by atoms with Gasteiger partial charge in [-0.05, 0) is 44.0 Å². The molecule has 1 aromatic carbocycles. The van der Waals surface area contributed by atoms with Crippen molar-refractivity contribution in [2.75, 3.05) is 10.6 Å². The maximum Gasteiger partial charge on any atom is 0.252 e. The lowest BCUT2D eigenvalue weighted by atomic mass is 10.0. The van der Waals surface area contributed by atoms with Crippen LogP contribution >= 0.6 is 0 Å². The number of primary amides is 1. The number of rotatable bonds is 10. The zero-order chi connectivity index (χ0) is 22.5. The highest BCUT2D eigenvalue weighted by Gasteiger charge is 2.21. The smallest absolute Gasteiger partial charge is 0.252 e. The van der Waals surface area contributed by atoms with Crippen molar-refractivity contribution < 1.29 is 9.18 Å². The number of aryl methyl sites for hydroxylation is 1. The fraction of sp³-hybridized carbons (Fsp3) is 0.409. The molecule has 3 rings (SSSR count). The van der Waals surface area contributed by atoms with Gasteiger partial charge in [-0.3, -0.25) is 9.48 Å². The molecule has 1 amide bonds. The highest BCUT2D eigenvalue weighted by molar-refractivity contribution is 5.99. The Kier molecular flexibility index (Phi) is 7.06. The van der Waals surface area contributed by atoms with Crippen LogP contribution in [0.1, 0.15) is 50.4 Å². The van der Waals surface area contributed by atoms with Crippen molar-refractivity contribution >= 4 is 34.1 Å². The molecule has 2 atom stereocenters. The van der Waals surface area contributed by atoms with Gasteiger partial charge in [0.15, 0.2) is 11.6 Å². The summed E-state index contributed by atoms with van der Waals surface area (Å²) in [6.07, 6.45) is 4.18. The highest BCUT2D eigenvalue weighted by Crippen LogP contribution is 2.27. The Balaban J connectivity index is 1.96. The number of carbonyl (C=O) groups is 1. The number of hydrogen-bond acceptors (Lipinski definition) is 6. The predicted octanol–water partition coefficient (Wildman–Crippen LogP) is 3.75. The number of nitrogens with zero attached hydrogens (tertiary/aromatic N) is 3. The molecule has 0 spiro atoms. The molecule has 9 heteroatoms. The topological polar surface area (TPSA) is 124 Å². The van der Waals surface area contributed by atoms with Gasteiger partial charge in [0.1, 0.15) is 5.82 Å². The van der Waals surface area contributed by atoms with Gasteiger partial charge in [-0.25, -0.2) is 9.37 Å². The number of amides is 1. The highest BCUT2D eigenvalue weighted by atomic mass is 19.1. The van der Waals surface area contributed by atoms with Crippen LogP contribution in [0.4, 0.5) is 21.7 Å². The number of carbonyl (C=O) groups excluding carboxylic acids is 1. The van der Waals surface area contributed by atoms with Crippen LogP contribution in [-0.2, 0) is 6.54 Å². The third-order valence-electron chi connectivity index (χ3n) is 5.36. The number of fused-ring (bicyclic) bond motifs is 1. The summed E-state index contributed by atoms with van der Waals surface area (Å²) in [6.45, 7) is 6.81. The fourth-order valence-corrected chi connectivity index (χ4v) is 3.59. The Morgan fingerprint density at radius 2 is 2.00 bits per heavy atom. The molecule has 2 aromatic heterocycles. The molecule has 0 aliphatic carbocycles. The third kappa shape index (κ3) is 4.93. The van der Waals surface area contributed by atoms with E-state index in [1.165, 1.54) is 0 Å². The maximum absolute atomic E-state index is 14.7. The summed E-state index contributed by atoms with van der Waals surface area (Å²) in [4.78, 5) is 16.3. The van der Waals surface area contributed by atoms with Gasteiger partial charge in [0.05, 0.1) is 17.3 Å². The second-order valence-electron chi connectivity index (χ2n) is 7.55. The minimum absolute atomic E-state index is 0.0285. The molecule has 2 heterocycles. The Hall–Kier alpha value is -3.20. The standard InChI is InChI=1S/C22H30FN7O/c1-4-7-18(17(24)5-2)28-22-16(23)11-15(20(25)31)21(29-22)27-14-8-9-19-13(10-14)12-26-30(19)6-3/h8-12,17-18H,4-7,24H2,1-3H3,(H2,25,31)(H2,27,28,29)/t17-,18+/m0/s1. The van der Waals surface area contributed by atoms with E-state index in [9.17, 15) is 9.18 Å². The van der Waals surface area contributed by atoms with Gasteiger partial charge >= 0.3 is 0 Å². The van der Waals surface area contributed by atoms with Crippen molar-refractivity contribution in [2.45, 2.75) is 58.7 Å². The number of nitrogens with two attached hydrogens (primary N) is 2. The number of nitrogens with one attached hydrogen (secondary N) is 2. The first-order valence-electron chi connectivity index (χ1n) is 10.6. The van der Waals surface area contributed by atoms with Crippen LogP contribution in [-0.4, -0.2) is 32.8 Å². The minimum Gasteiger partial charge on any atom is -0.365 e. The summed E-state index contributed by atoms with van der Waals surface area (Å²) in [5.74, 6) is -1.20. The largest absolute Gasteiger partial charge is 0.365 e. The second-order valence-corrected chi connectivity index (χ2v) is 7.55. The molecule has 0 aliphatic heterocycles. The first-order valence-corrected chi connectivity index (χ1v) is 10.6. The van der Waals surface area contributed by atoms with Crippen molar-refractivity contribution in [3.63, 3.8) is 0 Å². The molecule has 0 fully saturated rings. The monoisotopic (exact) mass is 427 g/mol. The van der Waals surface area contributed by atoms with E-state index in [1.54, 1.807) is 6.20 Å². The first-order chi connectivity index (χ1) is 14.9. The molecule has 8 nitrogen and oxygen atoms in total. The summed E-state index contributed by atoms with van der Waals surface area (Å²) in [6, 6.07) is 6.49. The molecule has 0 bridgehead atoms. The maximum atomic E-state index is 14.7. The van der Waals surface area contributed by atoms with Crippen molar-refractivity contribution in [1.29, 1.82) is 0 Å². The number of hydrogen-bond donors (Lipinski definition) is 4. The van der Waals surface area contributed by atoms with E-state index in [2.05, 4.69) is 20.7 Å². The molecular formula is C22H30FN7O. The van der Waals surface area contributed by atoms with Gasteiger partial charge < -0.3 is 22.1 Å². The number of halogens is 1. The van der Waals surface area contributed by atoms with E-state index in [-0.39, 0.29) is 29.3 Å². The molecule has 6 N–H and O–H groups in total. The van der Waals surface area contributed by atoms with Crippen LogP contribution in [0, 0.1) is 5.82 Å². The van der Waals surface area contributed by atoms with Gasteiger partial charge in [0.25, 0.3) is 5.91 Å². The zero-order valence-corrected chi connectivity index (χ0v) is 18.2. The molecule has 3 aromatic rings. The Labute approximate surface area is 181 Å². The van der Waals surface area contributed by atoms with Crippen LogP contribution in [0.5, 0.6) is 0 Å². The minimum atomic E-state index is -0.768. The summed E-state index contributed by atoms with van der Waals surface area (Å²) in [5.41, 5.74) is 13.3. The number of aromatic nitrogens is 3. The first kappa shape index (κ1) is 22.5. The molecule has 31 heavy (non-hydrogen) atoms. The van der Waals surface area contributed by atoms with E-state index in [4.69, 9.17) is 11.5 Å². The summed E-state index contributed by atoms with van der Waals surface area (Å²) in [7, 11) is 0. The van der Waals surface area contributed by atoms with Crippen molar-refractivity contribution in [3.8, 4) is 0 Å². The lowest BCUT2D eigenvalue weighted by Gasteiger charge is -2.25. The normalized spacial score (nSPS) is 13.2. The molecule has 0 unspecified atom stereocenters.